The normalized spacial score (nSPS) is 15.5. The number of rotatable bonds is 5. The van der Waals surface area contributed by atoms with Crippen molar-refractivity contribution in [2.45, 2.75) is 27.7 Å². The molecule has 0 saturated carbocycles. The smallest absolute Gasteiger partial charge is 0.237 e. The number of piperazine rings is 1. The van der Waals surface area contributed by atoms with Gasteiger partial charge in [-0.2, -0.15) is 0 Å². The molecule has 2 amide bonds. The Kier molecular flexibility index (Phi) is 5.86. The summed E-state index contributed by atoms with van der Waals surface area (Å²) in [4.78, 5) is 29.3. The van der Waals surface area contributed by atoms with E-state index in [1.807, 2.05) is 36.9 Å². The maximum absolute atomic E-state index is 12.8. The van der Waals surface area contributed by atoms with Gasteiger partial charge < -0.3 is 15.1 Å². The second-order valence-electron chi connectivity index (χ2n) is 7.34. The van der Waals surface area contributed by atoms with Crippen LogP contribution in [0.2, 0.25) is 0 Å². The van der Waals surface area contributed by atoms with Crippen LogP contribution < -0.4 is 10.2 Å². The Bertz CT molecular complexity index is 561. The van der Waals surface area contributed by atoms with Crippen molar-refractivity contribution in [3.8, 4) is 0 Å². The van der Waals surface area contributed by atoms with E-state index in [1.54, 1.807) is 13.8 Å². The average Bonchev–Trinajstić information content (AvgIpc) is 2.59. The zero-order chi connectivity index (χ0) is 17.7. The molecule has 24 heavy (non-hydrogen) atoms. The zero-order valence-electron chi connectivity index (χ0n) is 15.2. The van der Waals surface area contributed by atoms with Gasteiger partial charge >= 0.3 is 0 Å². The summed E-state index contributed by atoms with van der Waals surface area (Å²) in [5.74, 6) is 0.0948. The van der Waals surface area contributed by atoms with Crippen LogP contribution in [0.5, 0.6) is 0 Å². The van der Waals surface area contributed by atoms with Gasteiger partial charge in [-0.3, -0.25) is 9.59 Å². The van der Waals surface area contributed by atoms with Crippen LogP contribution in [0.25, 0.3) is 0 Å². The van der Waals surface area contributed by atoms with Crippen molar-refractivity contribution in [1.29, 1.82) is 0 Å². The first kappa shape index (κ1) is 18.3. The molecule has 0 atom stereocenters. The highest BCUT2D eigenvalue weighted by Crippen LogP contribution is 2.22. The predicted octanol–water partition coefficient (Wildman–Crippen LogP) is 2.13. The summed E-state index contributed by atoms with van der Waals surface area (Å²) in [5, 5.41) is 2.88. The van der Waals surface area contributed by atoms with E-state index in [9.17, 15) is 9.59 Å². The van der Waals surface area contributed by atoms with Crippen LogP contribution in [0.4, 0.5) is 5.69 Å². The molecule has 1 saturated heterocycles. The largest absolute Gasteiger partial charge is 0.368 e. The molecule has 0 spiro atoms. The van der Waals surface area contributed by atoms with Crippen molar-refractivity contribution in [1.82, 2.24) is 10.2 Å². The van der Waals surface area contributed by atoms with Crippen LogP contribution in [0.3, 0.4) is 0 Å². The lowest BCUT2D eigenvalue weighted by molar-refractivity contribution is -0.148. The summed E-state index contributed by atoms with van der Waals surface area (Å²) in [7, 11) is 0. The molecule has 0 radical (unpaired) electrons. The average molecular weight is 331 g/mol. The van der Waals surface area contributed by atoms with E-state index in [0.717, 1.165) is 13.1 Å². The van der Waals surface area contributed by atoms with Crippen LogP contribution in [-0.4, -0.2) is 49.4 Å². The molecule has 1 aliphatic heterocycles. The highest BCUT2D eigenvalue weighted by atomic mass is 16.2. The van der Waals surface area contributed by atoms with Gasteiger partial charge in [0.1, 0.15) is 5.41 Å². The fraction of sp³-hybridized carbons (Fsp3) is 0.579. The molecule has 2 rings (SSSR count). The number of benzene rings is 1. The molecule has 0 unspecified atom stereocenters. The highest BCUT2D eigenvalue weighted by molar-refractivity contribution is 6.04. The molecular formula is C19H29N3O2. The van der Waals surface area contributed by atoms with Crippen molar-refractivity contribution in [3.63, 3.8) is 0 Å². The van der Waals surface area contributed by atoms with E-state index in [0.29, 0.717) is 25.6 Å². The quantitative estimate of drug-likeness (QED) is 0.841. The van der Waals surface area contributed by atoms with E-state index >= 15 is 0 Å². The SMILES string of the molecule is CC(C)CNC(=O)C(C)(C)C(=O)N1CCN(c2ccccc2)CC1. The summed E-state index contributed by atoms with van der Waals surface area (Å²) in [6, 6.07) is 10.2. The lowest BCUT2D eigenvalue weighted by atomic mass is 9.89. The molecule has 5 heteroatoms. The number of hydrogen-bond acceptors (Lipinski definition) is 3. The third-order valence-electron chi connectivity index (χ3n) is 4.46. The Balaban J connectivity index is 1.93. The summed E-state index contributed by atoms with van der Waals surface area (Å²) in [6.45, 7) is 11.0. The Hall–Kier alpha value is -2.04. The van der Waals surface area contributed by atoms with Crippen molar-refractivity contribution in [2.75, 3.05) is 37.6 Å². The lowest BCUT2D eigenvalue weighted by Gasteiger charge is -2.39. The number of amides is 2. The standard InChI is InChI=1S/C19H29N3O2/c1-15(2)14-20-17(23)19(3,4)18(24)22-12-10-21(11-13-22)16-8-6-5-7-9-16/h5-9,15H,10-14H2,1-4H3,(H,20,23). The van der Waals surface area contributed by atoms with Crippen LogP contribution >= 0.6 is 0 Å². The molecule has 5 nitrogen and oxygen atoms in total. The summed E-state index contributed by atoms with van der Waals surface area (Å²) >= 11 is 0. The van der Waals surface area contributed by atoms with Gasteiger partial charge in [0, 0.05) is 38.4 Å². The van der Waals surface area contributed by atoms with Gasteiger partial charge in [0.2, 0.25) is 11.8 Å². The molecule has 1 aromatic carbocycles. The van der Waals surface area contributed by atoms with Crippen molar-refractivity contribution in [2.24, 2.45) is 11.3 Å². The first-order valence-corrected chi connectivity index (χ1v) is 8.70. The minimum Gasteiger partial charge on any atom is -0.368 e. The van der Waals surface area contributed by atoms with Gasteiger partial charge in [0.15, 0.2) is 0 Å². The Morgan fingerprint density at radius 1 is 1.08 bits per heavy atom. The summed E-state index contributed by atoms with van der Waals surface area (Å²) < 4.78 is 0. The molecule has 0 aliphatic carbocycles. The molecular weight excluding hydrogens is 302 g/mol. The number of carbonyl (C=O) groups excluding carboxylic acids is 2. The van der Waals surface area contributed by atoms with Crippen molar-refractivity contribution >= 4 is 17.5 Å². The Morgan fingerprint density at radius 2 is 1.67 bits per heavy atom. The fourth-order valence-corrected chi connectivity index (χ4v) is 2.82. The molecule has 1 aliphatic rings. The topological polar surface area (TPSA) is 52.7 Å². The zero-order valence-corrected chi connectivity index (χ0v) is 15.2. The second-order valence-corrected chi connectivity index (χ2v) is 7.34. The molecule has 132 valence electrons. The monoisotopic (exact) mass is 331 g/mol. The minimum absolute atomic E-state index is 0.0866. The second kappa shape index (κ2) is 7.69. The van der Waals surface area contributed by atoms with Crippen LogP contribution in [0.15, 0.2) is 30.3 Å². The first-order chi connectivity index (χ1) is 11.3. The number of nitrogens with one attached hydrogen (secondary N) is 1. The van der Waals surface area contributed by atoms with E-state index in [-0.39, 0.29) is 11.8 Å². The van der Waals surface area contributed by atoms with Gasteiger partial charge in [0.25, 0.3) is 0 Å². The van der Waals surface area contributed by atoms with Crippen LogP contribution in [-0.2, 0) is 9.59 Å². The Morgan fingerprint density at radius 3 is 2.21 bits per heavy atom. The van der Waals surface area contributed by atoms with Gasteiger partial charge in [-0.15, -0.1) is 0 Å². The molecule has 1 fully saturated rings. The van der Waals surface area contributed by atoms with Crippen molar-refractivity contribution in [3.05, 3.63) is 30.3 Å². The fourth-order valence-electron chi connectivity index (χ4n) is 2.82. The van der Waals surface area contributed by atoms with Gasteiger partial charge in [-0.25, -0.2) is 0 Å². The third kappa shape index (κ3) is 4.28. The molecule has 0 bridgehead atoms. The maximum atomic E-state index is 12.8. The van der Waals surface area contributed by atoms with Crippen molar-refractivity contribution < 1.29 is 9.59 Å². The highest BCUT2D eigenvalue weighted by Gasteiger charge is 2.39. The molecule has 1 N–H and O–H groups in total. The van der Waals surface area contributed by atoms with Crippen LogP contribution in [0, 0.1) is 11.3 Å². The molecule has 0 aromatic heterocycles. The van der Waals surface area contributed by atoms with Gasteiger partial charge in [-0.05, 0) is 31.9 Å². The van der Waals surface area contributed by atoms with E-state index < -0.39 is 5.41 Å². The lowest BCUT2D eigenvalue weighted by Crippen LogP contribution is -2.55. The van der Waals surface area contributed by atoms with Gasteiger partial charge in [0.05, 0.1) is 0 Å². The minimum atomic E-state index is -1.02. The molecule has 1 heterocycles. The predicted molar refractivity (Wildman–Crippen MR) is 96.9 cm³/mol. The van der Waals surface area contributed by atoms with E-state index in [4.69, 9.17) is 0 Å². The number of anilines is 1. The third-order valence-corrected chi connectivity index (χ3v) is 4.46. The van der Waals surface area contributed by atoms with E-state index in [1.165, 1.54) is 5.69 Å². The number of para-hydroxylation sites is 1. The van der Waals surface area contributed by atoms with Crippen LogP contribution in [0.1, 0.15) is 27.7 Å². The van der Waals surface area contributed by atoms with Gasteiger partial charge in [-0.1, -0.05) is 32.0 Å². The first-order valence-electron chi connectivity index (χ1n) is 8.70. The van der Waals surface area contributed by atoms with E-state index in [2.05, 4.69) is 22.3 Å². The Labute approximate surface area is 145 Å². The molecule has 1 aromatic rings. The number of hydrogen-bond donors (Lipinski definition) is 1. The number of nitrogens with zero attached hydrogens (tertiary/aromatic N) is 2. The summed E-state index contributed by atoms with van der Waals surface area (Å²) in [6.07, 6.45) is 0. The maximum Gasteiger partial charge on any atom is 0.237 e. The summed E-state index contributed by atoms with van der Waals surface area (Å²) in [5.41, 5.74) is 0.155. The number of carbonyl (C=O) groups is 2.